The molecule has 106 valence electrons. The van der Waals surface area contributed by atoms with Gasteiger partial charge in [-0.2, -0.15) is 0 Å². The average Bonchev–Trinajstić information content (AvgIpc) is 2.68. The molecule has 4 N–H and O–H groups in total. The summed E-state index contributed by atoms with van der Waals surface area (Å²) in [5.41, 5.74) is 0.949. The molecule has 0 saturated carbocycles. The van der Waals surface area contributed by atoms with Gasteiger partial charge in [-0.05, 0) is 25.8 Å². The smallest absolute Gasteiger partial charge is 0.354 e. The monoisotopic (exact) mass is 267 g/mol. The summed E-state index contributed by atoms with van der Waals surface area (Å²) in [4.78, 5) is 25.5. The van der Waals surface area contributed by atoms with Crippen molar-refractivity contribution in [2.45, 2.75) is 40.2 Å². The molecule has 0 radical (unpaired) electrons. The minimum Gasteiger partial charge on any atom is -0.477 e. The van der Waals surface area contributed by atoms with Gasteiger partial charge in [0.25, 0.3) is 0 Å². The van der Waals surface area contributed by atoms with Gasteiger partial charge >= 0.3 is 12.0 Å². The van der Waals surface area contributed by atoms with E-state index in [-0.39, 0.29) is 17.4 Å². The predicted octanol–water partition coefficient (Wildman–Crippen LogP) is 2.58. The van der Waals surface area contributed by atoms with Crippen LogP contribution in [0.25, 0.3) is 0 Å². The molecule has 0 saturated heterocycles. The molecule has 0 aromatic carbocycles. The number of carboxylic acid groups (broad SMARTS) is 1. The maximum atomic E-state index is 11.8. The van der Waals surface area contributed by atoms with Gasteiger partial charge in [0.1, 0.15) is 5.69 Å². The lowest BCUT2D eigenvalue weighted by Crippen LogP contribution is -2.39. The summed E-state index contributed by atoms with van der Waals surface area (Å²) < 4.78 is 0. The van der Waals surface area contributed by atoms with Crippen LogP contribution < -0.4 is 10.6 Å². The molecule has 1 aromatic heterocycles. The second-order valence-electron chi connectivity index (χ2n) is 4.82. The second kappa shape index (κ2) is 6.26. The van der Waals surface area contributed by atoms with Crippen molar-refractivity contribution >= 4 is 17.7 Å². The third-order valence-electron chi connectivity index (χ3n) is 3.27. The Morgan fingerprint density at radius 2 is 2.05 bits per heavy atom. The van der Waals surface area contributed by atoms with Crippen molar-refractivity contribution in [3.05, 3.63) is 17.5 Å². The number of aromatic carboxylic acids is 1. The number of anilines is 1. The van der Waals surface area contributed by atoms with Crippen molar-refractivity contribution in [3.63, 3.8) is 0 Å². The van der Waals surface area contributed by atoms with Crippen LogP contribution in [0.3, 0.4) is 0 Å². The Hall–Kier alpha value is -1.98. The molecule has 0 fully saturated rings. The van der Waals surface area contributed by atoms with Crippen LogP contribution in [0.4, 0.5) is 10.5 Å². The lowest BCUT2D eigenvalue weighted by Gasteiger charge is -2.20. The number of rotatable bonds is 5. The lowest BCUT2D eigenvalue weighted by molar-refractivity contribution is 0.0692. The van der Waals surface area contributed by atoms with Crippen LogP contribution in [0.15, 0.2) is 6.07 Å². The van der Waals surface area contributed by atoms with E-state index < -0.39 is 12.0 Å². The number of hydrogen-bond acceptors (Lipinski definition) is 2. The highest BCUT2D eigenvalue weighted by molar-refractivity contribution is 5.99. The van der Waals surface area contributed by atoms with Crippen molar-refractivity contribution < 1.29 is 14.7 Å². The van der Waals surface area contributed by atoms with E-state index in [1.807, 2.05) is 13.8 Å². The zero-order valence-corrected chi connectivity index (χ0v) is 11.7. The van der Waals surface area contributed by atoms with Crippen molar-refractivity contribution in [2.24, 2.45) is 5.92 Å². The highest BCUT2D eigenvalue weighted by Crippen LogP contribution is 2.17. The highest BCUT2D eigenvalue weighted by Gasteiger charge is 2.17. The van der Waals surface area contributed by atoms with Crippen molar-refractivity contribution in [3.8, 4) is 0 Å². The van der Waals surface area contributed by atoms with Crippen LogP contribution in [-0.4, -0.2) is 28.1 Å². The minimum atomic E-state index is -1.10. The van der Waals surface area contributed by atoms with E-state index in [4.69, 9.17) is 5.11 Å². The zero-order valence-electron chi connectivity index (χ0n) is 11.7. The summed E-state index contributed by atoms with van der Waals surface area (Å²) in [5.74, 6) is -0.740. The molecule has 2 unspecified atom stereocenters. The fraction of sp³-hybridized carbons (Fsp3) is 0.538. The second-order valence-corrected chi connectivity index (χ2v) is 4.82. The SMILES string of the molecule is CCC(C)C(C)NC(=O)Nc1cc(C)[nH]c1C(=O)O. The quantitative estimate of drug-likeness (QED) is 0.660. The number of carbonyl (C=O) groups is 2. The number of H-pyrrole nitrogens is 1. The lowest BCUT2D eigenvalue weighted by atomic mass is 10.0. The summed E-state index contributed by atoms with van der Waals surface area (Å²) >= 11 is 0. The Kier molecular flexibility index (Phi) is 4.97. The molecule has 19 heavy (non-hydrogen) atoms. The van der Waals surface area contributed by atoms with Crippen LogP contribution in [0.5, 0.6) is 0 Å². The zero-order chi connectivity index (χ0) is 14.6. The third kappa shape index (κ3) is 4.01. The molecule has 2 amide bonds. The highest BCUT2D eigenvalue weighted by atomic mass is 16.4. The molecular weight excluding hydrogens is 246 g/mol. The topological polar surface area (TPSA) is 94.2 Å². The predicted molar refractivity (Wildman–Crippen MR) is 73.6 cm³/mol. The van der Waals surface area contributed by atoms with Gasteiger partial charge < -0.3 is 20.7 Å². The third-order valence-corrected chi connectivity index (χ3v) is 3.27. The molecule has 0 aliphatic heterocycles. The largest absolute Gasteiger partial charge is 0.477 e. The van der Waals surface area contributed by atoms with Crippen LogP contribution in [0.1, 0.15) is 43.4 Å². The number of aromatic nitrogens is 1. The van der Waals surface area contributed by atoms with Crippen LogP contribution in [0.2, 0.25) is 0 Å². The van der Waals surface area contributed by atoms with Gasteiger partial charge in [0, 0.05) is 11.7 Å². The summed E-state index contributed by atoms with van der Waals surface area (Å²) in [6.07, 6.45) is 0.963. The first-order chi connectivity index (χ1) is 8.85. The Morgan fingerprint density at radius 1 is 1.42 bits per heavy atom. The number of aromatic amines is 1. The van der Waals surface area contributed by atoms with E-state index in [0.717, 1.165) is 6.42 Å². The molecule has 0 spiro atoms. The number of hydrogen-bond donors (Lipinski definition) is 4. The van der Waals surface area contributed by atoms with E-state index in [2.05, 4.69) is 22.5 Å². The van der Waals surface area contributed by atoms with Gasteiger partial charge in [0.05, 0.1) is 5.69 Å². The number of amides is 2. The summed E-state index contributed by atoms with van der Waals surface area (Å²) in [6.45, 7) is 7.76. The summed E-state index contributed by atoms with van der Waals surface area (Å²) in [6, 6.07) is 1.23. The van der Waals surface area contributed by atoms with Crippen LogP contribution in [0, 0.1) is 12.8 Å². The first kappa shape index (κ1) is 15.1. The molecule has 0 aliphatic rings. The van der Waals surface area contributed by atoms with Gasteiger partial charge in [0.2, 0.25) is 0 Å². The molecule has 2 atom stereocenters. The minimum absolute atomic E-state index is 0.0103. The molecular formula is C13H21N3O3. The first-order valence-corrected chi connectivity index (χ1v) is 6.35. The number of urea groups is 1. The number of nitrogens with one attached hydrogen (secondary N) is 3. The maximum absolute atomic E-state index is 11.8. The number of carbonyl (C=O) groups excluding carboxylic acids is 1. The van der Waals surface area contributed by atoms with Gasteiger partial charge in [0.15, 0.2) is 0 Å². The maximum Gasteiger partial charge on any atom is 0.354 e. The average molecular weight is 267 g/mol. The molecule has 1 aromatic rings. The van der Waals surface area contributed by atoms with Gasteiger partial charge in [-0.25, -0.2) is 9.59 Å². The van der Waals surface area contributed by atoms with Crippen molar-refractivity contribution in [1.29, 1.82) is 0 Å². The number of carboxylic acids is 1. The normalized spacial score (nSPS) is 13.7. The van der Waals surface area contributed by atoms with E-state index in [1.165, 1.54) is 0 Å². The molecule has 0 bridgehead atoms. The Bertz CT molecular complexity index is 468. The molecule has 1 rings (SSSR count). The van der Waals surface area contributed by atoms with Gasteiger partial charge in [-0.15, -0.1) is 0 Å². The molecule has 0 aliphatic carbocycles. The van der Waals surface area contributed by atoms with Crippen molar-refractivity contribution in [2.75, 3.05) is 5.32 Å². The fourth-order valence-electron chi connectivity index (χ4n) is 1.72. The summed E-state index contributed by atoms with van der Waals surface area (Å²) in [5, 5.41) is 14.4. The van der Waals surface area contributed by atoms with Crippen LogP contribution >= 0.6 is 0 Å². The standard InChI is InChI=1S/C13H21N3O3/c1-5-7(2)9(4)15-13(19)16-10-6-8(3)14-11(10)12(17)18/h6-7,9,14H,5H2,1-4H3,(H,17,18)(H2,15,16,19). The Morgan fingerprint density at radius 3 is 2.58 bits per heavy atom. The molecule has 6 heteroatoms. The fourth-order valence-corrected chi connectivity index (χ4v) is 1.72. The molecule has 6 nitrogen and oxygen atoms in total. The van der Waals surface area contributed by atoms with Crippen LogP contribution in [-0.2, 0) is 0 Å². The van der Waals surface area contributed by atoms with E-state index in [9.17, 15) is 9.59 Å². The van der Waals surface area contributed by atoms with E-state index in [1.54, 1.807) is 13.0 Å². The summed E-state index contributed by atoms with van der Waals surface area (Å²) in [7, 11) is 0. The molecule has 1 heterocycles. The number of aryl methyl sites for hydroxylation is 1. The van der Waals surface area contributed by atoms with E-state index in [0.29, 0.717) is 11.6 Å². The Labute approximate surface area is 112 Å². The van der Waals surface area contributed by atoms with Gasteiger partial charge in [-0.3, -0.25) is 0 Å². The van der Waals surface area contributed by atoms with Gasteiger partial charge in [-0.1, -0.05) is 20.3 Å². The van der Waals surface area contributed by atoms with Crippen molar-refractivity contribution in [1.82, 2.24) is 10.3 Å². The Balaban J connectivity index is 2.69. The van der Waals surface area contributed by atoms with E-state index >= 15 is 0 Å². The first-order valence-electron chi connectivity index (χ1n) is 6.35.